The van der Waals surface area contributed by atoms with Crippen molar-refractivity contribution in [2.24, 2.45) is 0 Å². The third kappa shape index (κ3) is 1.26. The molecule has 1 N–H and O–H groups in total. The molecular weight excluding hydrogens is 168 g/mol. The summed E-state index contributed by atoms with van der Waals surface area (Å²) in [4.78, 5) is 10.6. The van der Waals surface area contributed by atoms with Crippen molar-refractivity contribution in [1.82, 2.24) is 9.78 Å². The number of benzene rings is 1. The van der Waals surface area contributed by atoms with E-state index in [9.17, 15) is 4.79 Å². The Morgan fingerprint density at radius 1 is 1.54 bits per heavy atom. The van der Waals surface area contributed by atoms with Crippen LogP contribution in [0.25, 0.3) is 10.9 Å². The Bertz CT molecular complexity index is 473. The molecule has 66 valence electrons. The van der Waals surface area contributed by atoms with Gasteiger partial charge in [-0.2, -0.15) is 9.78 Å². The lowest BCUT2D eigenvalue weighted by Gasteiger charge is -1.88. The van der Waals surface area contributed by atoms with E-state index in [0.29, 0.717) is 5.52 Å². The van der Waals surface area contributed by atoms with E-state index in [1.54, 1.807) is 0 Å². The Labute approximate surface area is 74.4 Å². The highest BCUT2D eigenvalue weighted by Gasteiger charge is 2.04. The highest BCUT2D eigenvalue weighted by atomic mass is 16.4. The predicted molar refractivity (Wildman–Crippen MR) is 47.9 cm³/mol. The van der Waals surface area contributed by atoms with Crippen molar-refractivity contribution in [3.8, 4) is 0 Å². The molecule has 0 aliphatic heterocycles. The summed E-state index contributed by atoms with van der Waals surface area (Å²) >= 11 is 0. The standard InChI is InChI=1S/C9H8N2O2/c1-6-2-3-8-7(4-6)5-11(10-8)9(12)13/h2-5H,1H3,(H,12,13). The SMILES string of the molecule is Cc1ccc2nn(C(=O)O)cc2c1. The van der Waals surface area contributed by atoms with Crippen molar-refractivity contribution in [3.05, 3.63) is 30.0 Å². The summed E-state index contributed by atoms with van der Waals surface area (Å²) in [7, 11) is 0. The van der Waals surface area contributed by atoms with Crippen molar-refractivity contribution in [3.63, 3.8) is 0 Å². The Morgan fingerprint density at radius 3 is 3.00 bits per heavy atom. The van der Waals surface area contributed by atoms with Gasteiger partial charge in [0.05, 0.1) is 5.52 Å². The molecule has 0 saturated heterocycles. The first kappa shape index (κ1) is 7.79. The molecule has 0 aliphatic rings. The smallest absolute Gasteiger partial charge is 0.432 e. The highest BCUT2D eigenvalue weighted by Crippen LogP contribution is 2.13. The lowest BCUT2D eigenvalue weighted by molar-refractivity contribution is 0.193. The molecule has 2 rings (SSSR count). The Hall–Kier alpha value is -1.84. The van der Waals surface area contributed by atoms with Crippen LogP contribution in [0.2, 0.25) is 0 Å². The first-order chi connectivity index (χ1) is 6.16. The molecule has 4 nitrogen and oxygen atoms in total. The van der Waals surface area contributed by atoms with Gasteiger partial charge in [-0.25, -0.2) is 4.79 Å². The lowest BCUT2D eigenvalue weighted by Crippen LogP contribution is -2.07. The van der Waals surface area contributed by atoms with Crippen LogP contribution < -0.4 is 0 Å². The molecule has 4 heteroatoms. The summed E-state index contributed by atoms with van der Waals surface area (Å²) in [5, 5.41) is 13.4. The van der Waals surface area contributed by atoms with Crippen LogP contribution in [0.1, 0.15) is 5.56 Å². The number of aromatic nitrogens is 2. The van der Waals surface area contributed by atoms with Gasteiger partial charge in [0, 0.05) is 11.6 Å². The minimum Gasteiger partial charge on any atom is -0.463 e. The first-order valence-electron chi connectivity index (χ1n) is 3.86. The number of hydrogen-bond acceptors (Lipinski definition) is 2. The molecule has 1 heterocycles. The molecule has 1 aromatic heterocycles. The predicted octanol–water partition coefficient (Wildman–Crippen LogP) is 1.87. The second-order valence-electron chi connectivity index (χ2n) is 2.92. The van der Waals surface area contributed by atoms with Crippen LogP contribution in [-0.2, 0) is 0 Å². The zero-order valence-electron chi connectivity index (χ0n) is 7.06. The molecule has 1 aromatic carbocycles. The molecule has 0 atom stereocenters. The van der Waals surface area contributed by atoms with E-state index in [2.05, 4.69) is 5.10 Å². The Morgan fingerprint density at radius 2 is 2.31 bits per heavy atom. The molecule has 0 unspecified atom stereocenters. The van der Waals surface area contributed by atoms with Crippen LogP contribution in [0.15, 0.2) is 24.4 Å². The van der Waals surface area contributed by atoms with E-state index < -0.39 is 6.09 Å². The Balaban J connectivity index is 2.68. The molecule has 0 aliphatic carbocycles. The highest BCUT2D eigenvalue weighted by molar-refractivity contribution is 5.82. The van der Waals surface area contributed by atoms with E-state index in [-0.39, 0.29) is 0 Å². The van der Waals surface area contributed by atoms with E-state index >= 15 is 0 Å². The number of hydrogen-bond donors (Lipinski definition) is 1. The van der Waals surface area contributed by atoms with E-state index in [1.165, 1.54) is 6.20 Å². The Kier molecular flexibility index (Phi) is 1.55. The van der Waals surface area contributed by atoms with Gasteiger partial charge in [-0.3, -0.25) is 0 Å². The zero-order chi connectivity index (χ0) is 9.42. The van der Waals surface area contributed by atoms with Gasteiger partial charge in [0.1, 0.15) is 0 Å². The maximum atomic E-state index is 10.6. The number of rotatable bonds is 0. The molecule has 0 spiro atoms. The van der Waals surface area contributed by atoms with Crippen LogP contribution in [0, 0.1) is 6.92 Å². The van der Waals surface area contributed by atoms with E-state index in [1.807, 2.05) is 25.1 Å². The molecule has 0 radical (unpaired) electrons. The van der Waals surface area contributed by atoms with Gasteiger partial charge in [-0.15, -0.1) is 0 Å². The van der Waals surface area contributed by atoms with Crippen molar-refractivity contribution in [1.29, 1.82) is 0 Å². The van der Waals surface area contributed by atoms with Crippen molar-refractivity contribution in [2.45, 2.75) is 6.92 Å². The molecule has 0 saturated carbocycles. The fraction of sp³-hybridized carbons (Fsp3) is 0.111. The zero-order valence-corrected chi connectivity index (χ0v) is 7.06. The number of nitrogens with zero attached hydrogens (tertiary/aromatic N) is 2. The lowest BCUT2D eigenvalue weighted by atomic mass is 10.2. The van der Waals surface area contributed by atoms with Gasteiger partial charge >= 0.3 is 6.09 Å². The summed E-state index contributed by atoms with van der Waals surface area (Å²) in [6, 6.07) is 5.62. The van der Waals surface area contributed by atoms with Gasteiger partial charge < -0.3 is 5.11 Å². The van der Waals surface area contributed by atoms with Crippen LogP contribution in [-0.4, -0.2) is 21.0 Å². The summed E-state index contributed by atoms with van der Waals surface area (Å²) < 4.78 is 0.921. The summed E-state index contributed by atoms with van der Waals surface area (Å²) in [6.45, 7) is 1.96. The van der Waals surface area contributed by atoms with Crippen LogP contribution in [0.4, 0.5) is 4.79 Å². The van der Waals surface area contributed by atoms with Gasteiger partial charge in [0.2, 0.25) is 0 Å². The number of aryl methyl sites for hydroxylation is 1. The molecule has 0 amide bonds. The fourth-order valence-electron chi connectivity index (χ4n) is 1.24. The molecule has 2 aromatic rings. The topological polar surface area (TPSA) is 55.1 Å². The first-order valence-corrected chi connectivity index (χ1v) is 3.86. The van der Waals surface area contributed by atoms with E-state index in [0.717, 1.165) is 15.6 Å². The van der Waals surface area contributed by atoms with Crippen LogP contribution >= 0.6 is 0 Å². The summed E-state index contributed by atoms with van der Waals surface area (Å²) in [5.41, 5.74) is 1.80. The van der Waals surface area contributed by atoms with Gasteiger partial charge in [-0.1, -0.05) is 11.6 Å². The quantitative estimate of drug-likeness (QED) is 0.666. The largest absolute Gasteiger partial charge is 0.463 e. The minimum atomic E-state index is -1.06. The maximum Gasteiger partial charge on any atom is 0.432 e. The number of fused-ring (bicyclic) bond motifs is 1. The average Bonchev–Trinajstić information content (AvgIpc) is 2.46. The monoisotopic (exact) mass is 176 g/mol. The molecule has 0 bridgehead atoms. The number of carbonyl (C=O) groups is 1. The number of carboxylic acid groups (broad SMARTS) is 1. The summed E-state index contributed by atoms with van der Waals surface area (Å²) in [5.74, 6) is 0. The van der Waals surface area contributed by atoms with Gasteiger partial charge in [0.25, 0.3) is 0 Å². The van der Waals surface area contributed by atoms with Crippen molar-refractivity contribution < 1.29 is 9.90 Å². The van der Waals surface area contributed by atoms with Crippen molar-refractivity contribution >= 4 is 17.0 Å². The molecule has 13 heavy (non-hydrogen) atoms. The second-order valence-corrected chi connectivity index (χ2v) is 2.92. The van der Waals surface area contributed by atoms with Crippen LogP contribution in [0.3, 0.4) is 0 Å². The van der Waals surface area contributed by atoms with Crippen molar-refractivity contribution in [2.75, 3.05) is 0 Å². The second kappa shape index (κ2) is 2.58. The van der Waals surface area contributed by atoms with Crippen LogP contribution in [0.5, 0.6) is 0 Å². The van der Waals surface area contributed by atoms with E-state index in [4.69, 9.17) is 5.11 Å². The molecule has 0 fully saturated rings. The summed E-state index contributed by atoms with van der Waals surface area (Å²) in [6.07, 6.45) is 0.443. The van der Waals surface area contributed by atoms with Gasteiger partial charge in [-0.05, 0) is 19.1 Å². The molecular formula is C9H8N2O2. The average molecular weight is 176 g/mol. The third-order valence-corrected chi connectivity index (χ3v) is 1.86. The normalized spacial score (nSPS) is 10.5. The van der Waals surface area contributed by atoms with Gasteiger partial charge in [0.15, 0.2) is 0 Å². The third-order valence-electron chi connectivity index (χ3n) is 1.86. The minimum absolute atomic E-state index is 0.702. The fourth-order valence-corrected chi connectivity index (χ4v) is 1.24. The maximum absolute atomic E-state index is 10.6.